The molecule has 0 spiro atoms. The van der Waals surface area contributed by atoms with E-state index in [9.17, 15) is 0 Å². The molecule has 3 nitrogen and oxygen atoms in total. The van der Waals surface area contributed by atoms with E-state index in [1.165, 1.54) is 0 Å². The summed E-state index contributed by atoms with van der Waals surface area (Å²) in [6.45, 7) is 0. The maximum absolute atomic E-state index is 6.00. The number of nitrogens with zero attached hydrogens (tertiary/aromatic N) is 1. The molecular weight excluding hydrogens is 338 g/mol. The quantitative estimate of drug-likeness (QED) is 0.642. The van der Waals surface area contributed by atoms with Gasteiger partial charge in [-0.05, 0) is 52.3 Å². The van der Waals surface area contributed by atoms with Crippen molar-refractivity contribution in [2.45, 2.75) is 0 Å². The Morgan fingerprint density at radius 3 is 2.75 bits per heavy atom. The molecule has 0 saturated heterocycles. The molecule has 20 heavy (non-hydrogen) atoms. The van der Waals surface area contributed by atoms with Crippen LogP contribution in [0.1, 0.15) is 0 Å². The van der Waals surface area contributed by atoms with Crippen LogP contribution in [-0.4, -0.2) is 4.98 Å². The lowest BCUT2D eigenvalue weighted by atomic mass is 10.1. The Hall–Kier alpha value is -1.78. The first-order valence-electron chi connectivity index (χ1n) is 5.99. The SMILES string of the molecule is Nc1ccc(Nc2ccc(Cl)c(Br)c2)c2cnccc12. The van der Waals surface area contributed by atoms with Crippen LogP contribution in [0.4, 0.5) is 17.1 Å². The highest BCUT2D eigenvalue weighted by atomic mass is 79.9. The van der Waals surface area contributed by atoms with Crippen LogP contribution in [0, 0.1) is 0 Å². The van der Waals surface area contributed by atoms with Crippen LogP contribution in [0.25, 0.3) is 10.8 Å². The Morgan fingerprint density at radius 2 is 1.95 bits per heavy atom. The molecule has 0 atom stereocenters. The fourth-order valence-electron chi connectivity index (χ4n) is 2.05. The lowest BCUT2D eigenvalue weighted by Crippen LogP contribution is -1.94. The van der Waals surface area contributed by atoms with Crippen molar-refractivity contribution in [2.75, 3.05) is 11.1 Å². The van der Waals surface area contributed by atoms with Gasteiger partial charge in [-0.15, -0.1) is 0 Å². The van der Waals surface area contributed by atoms with Crippen molar-refractivity contribution in [3.63, 3.8) is 0 Å². The summed E-state index contributed by atoms with van der Waals surface area (Å²) in [4.78, 5) is 4.16. The second-order valence-electron chi connectivity index (χ2n) is 4.38. The number of rotatable bonds is 2. The van der Waals surface area contributed by atoms with Gasteiger partial charge in [-0.3, -0.25) is 4.98 Å². The van der Waals surface area contributed by atoms with E-state index >= 15 is 0 Å². The highest BCUT2D eigenvalue weighted by Crippen LogP contribution is 2.32. The van der Waals surface area contributed by atoms with E-state index in [0.717, 1.165) is 32.3 Å². The standard InChI is InChI=1S/C15H11BrClN3/c16-12-7-9(1-2-13(12)17)20-15-4-3-14(18)10-5-6-19-8-11(10)15/h1-8,20H,18H2. The lowest BCUT2D eigenvalue weighted by Gasteiger charge is -2.11. The summed E-state index contributed by atoms with van der Waals surface area (Å²) in [7, 11) is 0. The van der Waals surface area contributed by atoms with Gasteiger partial charge < -0.3 is 11.1 Å². The van der Waals surface area contributed by atoms with E-state index in [0.29, 0.717) is 5.02 Å². The predicted molar refractivity (Wildman–Crippen MR) is 88.6 cm³/mol. The number of halogens is 2. The van der Waals surface area contributed by atoms with Crippen molar-refractivity contribution in [2.24, 2.45) is 0 Å². The Kier molecular flexibility index (Phi) is 3.51. The van der Waals surface area contributed by atoms with Crippen LogP contribution < -0.4 is 11.1 Å². The van der Waals surface area contributed by atoms with Gasteiger partial charge in [0.25, 0.3) is 0 Å². The minimum absolute atomic E-state index is 0.680. The van der Waals surface area contributed by atoms with Crippen molar-refractivity contribution in [3.05, 3.63) is 58.3 Å². The van der Waals surface area contributed by atoms with E-state index in [-0.39, 0.29) is 0 Å². The fraction of sp³-hybridized carbons (Fsp3) is 0. The van der Waals surface area contributed by atoms with Gasteiger partial charge in [0.05, 0.1) is 5.02 Å². The zero-order valence-corrected chi connectivity index (χ0v) is 12.7. The molecule has 0 aliphatic rings. The molecule has 0 aliphatic heterocycles. The first kappa shape index (κ1) is 13.2. The van der Waals surface area contributed by atoms with Crippen molar-refractivity contribution >= 4 is 55.4 Å². The molecule has 3 aromatic rings. The van der Waals surface area contributed by atoms with Gasteiger partial charge >= 0.3 is 0 Å². The number of nitrogen functional groups attached to an aromatic ring is 1. The van der Waals surface area contributed by atoms with Crippen LogP contribution in [0.15, 0.2) is 53.3 Å². The molecule has 3 rings (SSSR count). The van der Waals surface area contributed by atoms with Gasteiger partial charge in [0.2, 0.25) is 0 Å². The third-order valence-electron chi connectivity index (χ3n) is 3.05. The van der Waals surface area contributed by atoms with Gasteiger partial charge in [-0.25, -0.2) is 0 Å². The molecule has 0 amide bonds. The van der Waals surface area contributed by atoms with Crippen LogP contribution >= 0.6 is 27.5 Å². The van der Waals surface area contributed by atoms with Gasteiger partial charge in [0.1, 0.15) is 0 Å². The second-order valence-corrected chi connectivity index (χ2v) is 5.64. The average molecular weight is 349 g/mol. The number of hydrogen-bond donors (Lipinski definition) is 2. The summed E-state index contributed by atoms with van der Waals surface area (Å²) in [5.41, 5.74) is 8.62. The summed E-state index contributed by atoms with van der Waals surface area (Å²) in [6.07, 6.45) is 3.54. The van der Waals surface area contributed by atoms with Gasteiger partial charge in [-0.2, -0.15) is 0 Å². The molecular formula is C15H11BrClN3. The van der Waals surface area contributed by atoms with Crippen molar-refractivity contribution in [3.8, 4) is 0 Å². The largest absolute Gasteiger partial charge is 0.398 e. The number of aromatic nitrogens is 1. The number of nitrogens with one attached hydrogen (secondary N) is 1. The van der Waals surface area contributed by atoms with E-state index in [4.69, 9.17) is 17.3 Å². The number of anilines is 3. The lowest BCUT2D eigenvalue weighted by molar-refractivity contribution is 1.36. The Balaban J connectivity index is 2.06. The average Bonchev–Trinajstić information content (AvgIpc) is 2.46. The number of benzene rings is 2. The molecule has 0 fully saturated rings. The maximum atomic E-state index is 6.00. The molecule has 3 N–H and O–H groups in total. The molecule has 0 saturated carbocycles. The Morgan fingerprint density at radius 1 is 1.10 bits per heavy atom. The highest BCUT2D eigenvalue weighted by Gasteiger charge is 2.05. The summed E-state index contributed by atoms with van der Waals surface area (Å²) in [6, 6.07) is 11.4. The summed E-state index contributed by atoms with van der Waals surface area (Å²) in [5, 5.41) is 6.01. The zero-order valence-electron chi connectivity index (χ0n) is 10.4. The summed E-state index contributed by atoms with van der Waals surface area (Å²) in [5.74, 6) is 0. The summed E-state index contributed by atoms with van der Waals surface area (Å²) < 4.78 is 0.849. The van der Waals surface area contributed by atoms with Crippen LogP contribution in [-0.2, 0) is 0 Å². The molecule has 5 heteroatoms. The van der Waals surface area contributed by atoms with Gasteiger partial charge in [-0.1, -0.05) is 11.6 Å². The topological polar surface area (TPSA) is 50.9 Å². The van der Waals surface area contributed by atoms with Gasteiger partial charge in [0.15, 0.2) is 0 Å². The van der Waals surface area contributed by atoms with Crippen molar-refractivity contribution in [1.82, 2.24) is 4.98 Å². The fourth-order valence-corrected chi connectivity index (χ4v) is 2.55. The Labute approximate surface area is 129 Å². The Bertz CT molecular complexity index is 789. The minimum Gasteiger partial charge on any atom is -0.398 e. The number of fused-ring (bicyclic) bond motifs is 1. The zero-order chi connectivity index (χ0) is 14.1. The highest BCUT2D eigenvalue weighted by molar-refractivity contribution is 9.10. The molecule has 0 radical (unpaired) electrons. The van der Waals surface area contributed by atoms with Gasteiger partial charge in [0, 0.05) is 44.7 Å². The van der Waals surface area contributed by atoms with Crippen LogP contribution in [0.5, 0.6) is 0 Å². The molecule has 1 heterocycles. The number of hydrogen-bond acceptors (Lipinski definition) is 3. The van der Waals surface area contributed by atoms with Crippen LogP contribution in [0.2, 0.25) is 5.02 Å². The molecule has 0 unspecified atom stereocenters. The molecule has 100 valence electrons. The second kappa shape index (κ2) is 5.31. The molecule has 1 aromatic heterocycles. The van der Waals surface area contributed by atoms with E-state index in [1.54, 1.807) is 12.4 Å². The molecule has 0 bridgehead atoms. The third-order valence-corrected chi connectivity index (χ3v) is 4.26. The monoisotopic (exact) mass is 347 g/mol. The van der Waals surface area contributed by atoms with E-state index in [1.807, 2.05) is 36.4 Å². The normalized spacial score (nSPS) is 10.7. The first-order chi connectivity index (χ1) is 9.65. The van der Waals surface area contributed by atoms with Crippen LogP contribution in [0.3, 0.4) is 0 Å². The smallest absolute Gasteiger partial charge is 0.0549 e. The van der Waals surface area contributed by atoms with E-state index < -0.39 is 0 Å². The third kappa shape index (κ3) is 2.44. The number of nitrogens with two attached hydrogens (primary N) is 1. The molecule has 0 aliphatic carbocycles. The minimum atomic E-state index is 0.680. The number of pyridine rings is 1. The maximum Gasteiger partial charge on any atom is 0.0549 e. The predicted octanol–water partition coefficient (Wildman–Crippen LogP) is 4.98. The first-order valence-corrected chi connectivity index (χ1v) is 7.16. The van der Waals surface area contributed by atoms with Crippen molar-refractivity contribution in [1.29, 1.82) is 0 Å². The van der Waals surface area contributed by atoms with E-state index in [2.05, 4.69) is 26.2 Å². The molecule has 2 aromatic carbocycles. The van der Waals surface area contributed by atoms with Crippen molar-refractivity contribution < 1.29 is 0 Å². The summed E-state index contributed by atoms with van der Waals surface area (Å²) >= 11 is 9.41.